The first-order valence-electron chi connectivity index (χ1n) is 7.61. The number of ether oxygens (including phenoxy) is 1. The Morgan fingerprint density at radius 2 is 2.00 bits per heavy atom. The maximum absolute atomic E-state index is 12.8. The Labute approximate surface area is 144 Å². The minimum absolute atomic E-state index is 0. The highest BCUT2D eigenvalue weighted by Gasteiger charge is 2.30. The molecule has 1 aromatic heterocycles. The lowest BCUT2D eigenvalue weighted by molar-refractivity contribution is -0.137. The van der Waals surface area contributed by atoms with Crippen LogP contribution in [0.1, 0.15) is 24.2 Å². The van der Waals surface area contributed by atoms with E-state index in [2.05, 4.69) is 5.32 Å². The molecule has 132 valence electrons. The lowest BCUT2D eigenvalue weighted by Crippen LogP contribution is -3.00. The van der Waals surface area contributed by atoms with E-state index in [0.717, 1.165) is 38.1 Å². The van der Waals surface area contributed by atoms with Crippen LogP contribution in [0.25, 0.3) is 11.3 Å². The molecular formula is C17H18ClF3NO2-. The Hall–Kier alpha value is -1.50. The van der Waals surface area contributed by atoms with E-state index in [9.17, 15) is 13.2 Å². The number of hydrogen-bond acceptors (Lipinski definition) is 3. The Kier molecular flexibility index (Phi) is 6.32. The van der Waals surface area contributed by atoms with Gasteiger partial charge in [-0.3, -0.25) is 0 Å². The van der Waals surface area contributed by atoms with Gasteiger partial charge in [-0.2, -0.15) is 13.2 Å². The Bertz CT molecular complexity index is 651. The number of halogens is 4. The van der Waals surface area contributed by atoms with E-state index in [-0.39, 0.29) is 18.5 Å². The molecule has 1 N–H and O–H groups in total. The second-order valence-electron chi connectivity index (χ2n) is 5.61. The van der Waals surface area contributed by atoms with Crippen molar-refractivity contribution in [2.75, 3.05) is 13.2 Å². The van der Waals surface area contributed by atoms with E-state index in [1.807, 2.05) is 0 Å². The zero-order valence-corrected chi connectivity index (χ0v) is 13.7. The number of hydrogen-bond donors (Lipinski definition) is 1. The zero-order chi connectivity index (χ0) is 16.3. The van der Waals surface area contributed by atoms with Crippen molar-refractivity contribution in [1.82, 2.24) is 5.32 Å². The first-order chi connectivity index (χ1) is 11.0. The molecule has 0 amide bonds. The average Bonchev–Trinajstić information content (AvgIpc) is 3.18. The molecule has 1 aliphatic rings. The third kappa shape index (κ3) is 4.75. The van der Waals surface area contributed by atoms with Gasteiger partial charge in [0.25, 0.3) is 0 Å². The molecule has 0 bridgehead atoms. The highest BCUT2D eigenvalue weighted by Crippen LogP contribution is 2.32. The summed E-state index contributed by atoms with van der Waals surface area (Å²) < 4.78 is 49.4. The van der Waals surface area contributed by atoms with Crippen LogP contribution in [0.3, 0.4) is 0 Å². The molecule has 1 unspecified atom stereocenters. The van der Waals surface area contributed by atoms with E-state index < -0.39 is 11.7 Å². The van der Waals surface area contributed by atoms with E-state index in [4.69, 9.17) is 9.15 Å². The number of benzene rings is 1. The Morgan fingerprint density at radius 3 is 2.71 bits per heavy atom. The Morgan fingerprint density at radius 1 is 1.17 bits per heavy atom. The number of furan rings is 1. The van der Waals surface area contributed by atoms with Crippen LogP contribution in [0.15, 0.2) is 40.8 Å². The summed E-state index contributed by atoms with van der Waals surface area (Å²) in [5, 5.41) is 3.25. The second kappa shape index (κ2) is 8.05. The molecule has 1 atom stereocenters. The summed E-state index contributed by atoms with van der Waals surface area (Å²) in [6.07, 6.45) is -1.96. The van der Waals surface area contributed by atoms with E-state index >= 15 is 0 Å². The lowest BCUT2D eigenvalue weighted by Gasteiger charge is -2.09. The molecule has 1 fully saturated rings. The summed E-state index contributed by atoms with van der Waals surface area (Å²) in [7, 11) is 0. The molecule has 7 heteroatoms. The van der Waals surface area contributed by atoms with Crippen LogP contribution in [0.2, 0.25) is 0 Å². The number of alkyl halides is 3. The van der Waals surface area contributed by atoms with Crippen LogP contribution < -0.4 is 17.7 Å². The smallest absolute Gasteiger partial charge is 0.416 e. The molecule has 3 rings (SSSR count). The van der Waals surface area contributed by atoms with Crippen LogP contribution >= 0.6 is 0 Å². The van der Waals surface area contributed by atoms with E-state index in [1.54, 1.807) is 18.2 Å². The fourth-order valence-corrected chi connectivity index (χ4v) is 2.64. The van der Waals surface area contributed by atoms with Crippen molar-refractivity contribution >= 4 is 0 Å². The second-order valence-corrected chi connectivity index (χ2v) is 5.61. The highest BCUT2D eigenvalue weighted by molar-refractivity contribution is 5.58. The van der Waals surface area contributed by atoms with E-state index in [0.29, 0.717) is 23.6 Å². The molecule has 2 aromatic rings. The van der Waals surface area contributed by atoms with Crippen molar-refractivity contribution in [3.8, 4) is 11.3 Å². The molecule has 0 radical (unpaired) electrons. The van der Waals surface area contributed by atoms with Crippen LogP contribution in [0.4, 0.5) is 13.2 Å². The third-order valence-corrected chi connectivity index (χ3v) is 3.83. The van der Waals surface area contributed by atoms with Gasteiger partial charge in [0.1, 0.15) is 11.5 Å². The minimum Gasteiger partial charge on any atom is -1.00 e. The van der Waals surface area contributed by atoms with Crippen LogP contribution in [0.5, 0.6) is 0 Å². The summed E-state index contributed by atoms with van der Waals surface area (Å²) in [5.41, 5.74) is -0.255. The van der Waals surface area contributed by atoms with Crippen molar-refractivity contribution in [2.24, 2.45) is 0 Å². The molecule has 0 saturated carbocycles. The van der Waals surface area contributed by atoms with Crippen LogP contribution in [-0.2, 0) is 17.5 Å². The molecule has 2 heterocycles. The van der Waals surface area contributed by atoms with Gasteiger partial charge in [-0.15, -0.1) is 0 Å². The largest absolute Gasteiger partial charge is 1.00 e. The fraction of sp³-hybridized carbons (Fsp3) is 0.412. The average molecular weight is 361 g/mol. The maximum Gasteiger partial charge on any atom is 0.416 e. The monoisotopic (exact) mass is 360 g/mol. The van der Waals surface area contributed by atoms with Crippen molar-refractivity contribution in [3.63, 3.8) is 0 Å². The first-order valence-corrected chi connectivity index (χ1v) is 7.61. The summed E-state index contributed by atoms with van der Waals surface area (Å²) >= 11 is 0. The maximum atomic E-state index is 12.8. The van der Waals surface area contributed by atoms with Gasteiger partial charge in [0.15, 0.2) is 0 Å². The summed E-state index contributed by atoms with van der Waals surface area (Å²) in [4.78, 5) is 0. The first kappa shape index (κ1) is 18.8. The molecular weight excluding hydrogens is 343 g/mol. The lowest BCUT2D eigenvalue weighted by atomic mass is 10.1. The molecule has 24 heavy (non-hydrogen) atoms. The van der Waals surface area contributed by atoms with Gasteiger partial charge in [0, 0.05) is 18.7 Å². The van der Waals surface area contributed by atoms with E-state index in [1.165, 1.54) is 6.07 Å². The predicted molar refractivity (Wildman–Crippen MR) is 79.8 cm³/mol. The van der Waals surface area contributed by atoms with Gasteiger partial charge in [-0.25, -0.2) is 0 Å². The van der Waals surface area contributed by atoms with Crippen molar-refractivity contribution in [2.45, 2.75) is 31.7 Å². The van der Waals surface area contributed by atoms with Gasteiger partial charge in [0.05, 0.1) is 18.2 Å². The van der Waals surface area contributed by atoms with Gasteiger partial charge in [-0.05, 0) is 37.1 Å². The fourth-order valence-electron chi connectivity index (χ4n) is 2.64. The molecule has 1 aromatic carbocycles. The van der Waals surface area contributed by atoms with Crippen molar-refractivity contribution in [3.05, 3.63) is 47.7 Å². The van der Waals surface area contributed by atoms with Crippen LogP contribution in [0, 0.1) is 0 Å². The van der Waals surface area contributed by atoms with Crippen molar-refractivity contribution in [1.29, 1.82) is 0 Å². The van der Waals surface area contributed by atoms with Gasteiger partial charge in [-0.1, -0.05) is 12.1 Å². The summed E-state index contributed by atoms with van der Waals surface area (Å²) in [6.45, 7) is 2.09. The predicted octanol–water partition coefficient (Wildman–Crippen LogP) is 1.24. The van der Waals surface area contributed by atoms with Crippen molar-refractivity contribution < 1.29 is 34.7 Å². The zero-order valence-electron chi connectivity index (χ0n) is 12.9. The number of nitrogens with one attached hydrogen (secondary N) is 1. The third-order valence-electron chi connectivity index (χ3n) is 3.83. The van der Waals surface area contributed by atoms with Crippen LogP contribution in [-0.4, -0.2) is 19.3 Å². The molecule has 1 saturated heterocycles. The van der Waals surface area contributed by atoms with Gasteiger partial charge < -0.3 is 26.9 Å². The SMILES string of the molecule is FC(F)(F)c1cccc(-c2ccc(CNCC3CCCO3)o2)c1.[Cl-]. The number of rotatable bonds is 5. The molecule has 0 aliphatic carbocycles. The summed E-state index contributed by atoms with van der Waals surface area (Å²) in [6, 6.07) is 8.61. The molecule has 0 spiro atoms. The molecule has 1 aliphatic heterocycles. The standard InChI is InChI=1S/C17H18F3NO2.ClH/c18-17(19,20)13-4-1-3-12(9-13)16-7-6-15(23-16)11-21-10-14-5-2-8-22-14;/h1,3-4,6-7,9,14,21H,2,5,8,10-11H2;1H/p-1. The quantitative estimate of drug-likeness (QED) is 0.871. The normalized spacial score (nSPS) is 17.7. The Balaban J connectivity index is 0.00000208. The topological polar surface area (TPSA) is 34.4 Å². The highest BCUT2D eigenvalue weighted by atomic mass is 35.5. The summed E-state index contributed by atoms with van der Waals surface area (Å²) in [5.74, 6) is 1.13. The van der Waals surface area contributed by atoms with Gasteiger partial charge in [0.2, 0.25) is 0 Å². The minimum atomic E-state index is -4.35. The van der Waals surface area contributed by atoms with Gasteiger partial charge >= 0.3 is 6.18 Å². The molecule has 3 nitrogen and oxygen atoms in total.